The second kappa shape index (κ2) is 5.14. The standard InChI is InChI=1S/C13H19N5O/c1-11-10-16(7-5-14-11)8-9-18-13(19)17-6-3-2-4-12(17)15-18/h2-4,6,11,14H,5,7-10H2,1H3/t11-/m0/s1. The Balaban J connectivity index is 1.71. The Morgan fingerprint density at radius 2 is 2.32 bits per heavy atom. The fraction of sp³-hybridized carbons (Fsp3) is 0.538. The SMILES string of the molecule is C[C@H]1CN(CCn2nc3ccccn3c2=O)CCN1. The third-order valence-corrected chi connectivity index (χ3v) is 3.57. The zero-order valence-corrected chi connectivity index (χ0v) is 11.1. The topological polar surface area (TPSA) is 54.6 Å². The van der Waals surface area contributed by atoms with E-state index in [2.05, 4.69) is 22.2 Å². The van der Waals surface area contributed by atoms with Crippen molar-refractivity contribution in [3.63, 3.8) is 0 Å². The van der Waals surface area contributed by atoms with Crippen molar-refractivity contribution in [1.29, 1.82) is 0 Å². The number of hydrogen-bond acceptors (Lipinski definition) is 4. The number of piperazine rings is 1. The van der Waals surface area contributed by atoms with Crippen LogP contribution < -0.4 is 11.0 Å². The third-order valence-electron chi connectivity index (χ3n) is 3.57. The van der Waals surface area contributed by atoms with Gasteiger partial charge >= 0.3 is 5.69 Å². The molecule has 2 aromatic heterocycles. The van der Waals surface area contributed by atoms with Crippen LogP contribution >= 0.6 is 0 Å². The Morgan fingerprint density at radius 1 is 1.42 bits per heavy atom. The van der Waals surface area contributed by atoms with Gasteiger partial charge in [0.2, 0.25) is 0 Å². The molecule has 1 saturated heterocycles. The van der Waals surface area contributed by atoms with Gasteiger partial charge < -0.3 is 5.32 Å². The van der Waals surface area contributed by atoms with E-state index in [9.17, 15) is 4.79 Å². The van der Waals surface area contributed by atoms with E-state index in [0.29, 0.717) is 18.2 Å². The maximum Gasteiger partial charge on any atom is 0.350 e. The third kappa shape index (κ3) is 2.54. The first kappa shape index (κ1) is 12.4. The summed E-state index contributed by atoms with van der Waals surface area (Å²) in [5.74, 6) is 0. The molecule has 2 aromatic rings. The maximum atomic E-state index is 12.1. The number of pyridine rings is 1. The van der Waals surface area contributed by atoms with Gasteiger partial charge in [-0.05, 0) is 19.1 Å². The summed E-state index contributed by atoms with van der Waals surface area (Å²) in [6.07, 6.45) is 1.76. The van der Waals surface area contributed by atoms with Crippen LogP contribution in [-0.2, 0) is 6.54 Å². The summed E-state index contributed by atoms with van der Waals surface area (Å²) in [6, 6.07) is 6.11. The first-order chi connectivity index (χ1) is 9.24. The summed E-state index contributed by atoms with van der Waals surface area (Å²) in [4.78, 5) is 14.5. The van der Waals surface area contributed by atoms with E-state index in [1.165, 1.54) is 0 Å². The van der Waals surface area contributed by atoms with E-state index < -0.39 is 0 Å². The molecular weight excluding hydrogens is 242 g/mol. The molecule has 102 valence electrons. The highest BCUT2D eigenvalue weighted by atomic mass is 16.2. The fourth-order valence-electron chi connectivity index (χ4n) is 2.57. The highest BCUT2D eigenvalue weighted by molar-refractivity contribution is 5.35. The van der Waals surface area contributed by atoms with Crippen LogP contribution in [0.3, 0.4) is 0 Å². The van der Waals surface area contributed by atoms with E-state index in [0.717, 1.165) is 26.2 Å². The molecule has 1 N–H and O–H groups in total. The van der Waals surface area contributed by atoms with Crippen molar-refractivity contribution in [2.24, 2.45) is 0 Å². The van der Waals surface area contributed by atoms with E-state index in [1.54, 1.807) is 15.3 Å². The van der Waals surface area contributed by atoms with Gasteiger partial charge in [0.1, 0.15) is 0 Å². The van der Waals surface area contributed by atoms with Crippen molar-refractivity contribution in [3.05, 3.63) is 34.9 Å². The van der Waals surface area contributed by atoms with E-state index in [-0.39, 0.29) is 5.69 Å². The first-order valence-corrected chi connectivity index (χ1v) is 6.74. The number of fused-ring (bicyclic) bond motifs is 1. The van der Waals surface area contributed by atoms with Gasteiger partial charge in [-0.15, -0.1) is 5.10 Å². The molecule has 0 bridgehead atoms. The Kier molecular flexibility index (Phi) is 3.35. The Morgan fingerprint density at radius 3 is 3.11 bits per heavy atom. The smallest absolute Gasteiger partial charge is 0.312 e. The van der Waals surface area contributed by atoms with Gasteiger partial charge in [-0.2, -0.15) is 0 Å². The van der Waals surface area contributed by atoms with Crippen molar-refractivity contribution in [1.82, 2.24) is 24.4 Å². The van der Waals surface area contributed by atoms with Gasteiger partial charge in [0, 0.05) is 38.4 Å². The lowest BCUT2D eigenvalue weighted by molar-refractivity contribution is 0.197. The van der Waals surface area contributed by atoms with Crippen molar-refractivity contribution in [2.45, 2.75) is 19.5 Å². The lowest BCUT2D eigenvalue weighted by Gasteiger charge is -2.31. The van der Waals surface area contributed by atoms with E-state index in [1.807, 2.05) is 18.2 Å². The Bertz CT molecular complexity index is 617. The van der Waals surface area contributed by atoms with E-state index >= 15 is 0 Å². The van der Waals surface area contributed by atoms with Crippen LogP contribution in [0.5, 0.6) is 0 Å². The summed E-state index contributed by atoms with van der Waals surface area (Å²) in [7, 11) is 0. The molecule has 1 fully saturated rings. The van der Waals surface area contributed by atoms with Gasteiger partial charge in [0.15, 0.2) is 5.65 Å². The molecule has 0 aromatic carbocycles. The minimum atomic E-state index is -0.0567. The molecule has 0 unspecified atom stereocenters. The molecule has 0 spiro atoms. The molecular formula is C13H19N5O. The molecule has 3 rings (SSSR count). The van der Waals surface area contributed by atoms with Crippen LogP contribution in [0.1, 0.15) is 6.92 Å². The monoisotopic (exact) mass is 261 g/mol. The van der Waals surface area contributed by atoms with Crippen LogP contribution in [0.25, 0.3) is 5.65 Å². The van der Waals surface area contributed by atoms with Crippen LogP contribution in [0.2, 0.25) is 0 Å². The Labute approximate surface area is 111 Å². The van der Waals surface area contributed by atoms with Crippen molar-refractivity contribution in [2.75, 3.05) is 26.2 Å². The van der Waals surface area contributed by atoms with Crippen molar-refractivity contribution < 1.29 is 0 Å². The molecule has 6 heteroatoms. The fourth-order valence-corrected chi connectivity index (χ4v) is 2.57. The number of aromatic nitrogens is 3. The maximum absolute atomic E-state index is 12.1. The summed E-state index contributed by atoms with van der Waals surface area (Å²) in [6.45, 7) is 6.78. The molecule has 0 amide bonds. The van der Waals surface area contributed by atoms with Crippen LogP contribution in [-0.4, -0.2) is 51.3 Å². The summed E-state index contributed by atoms with van der Waals surface area (Å²) in [5, 5.41) is 7.75. The summed E-state index contributed by atoms with van der Waals surface area (Å²) < 4.78 is 3.14. The normalized spacial score (nSPS) is 21.0. The highest BCUT2D eigenvalue weighted by Gasteiger charge is 2.15. The Hall–Kier alpha value is -1.66. The van der Waals surface area contributed by atoms with Crippen LogP contribution in [0, 0.1) is 0 Å². The molecule has 6 nitrogen and oxygen atoms in total. The van der Waals surface area contributed by atoms with Crippen LogP contribution in [0.15, 0.2) is 29.2 Å². The predicted molar refractivity (Wildman–Crippen MR) is 73.4 cm³/mol. The second-order valence-corrected chi connectivity index (χ2v) is 5.09. The lowest BCUT2D eigenvalue weighted by atomic mass is 10.2. The first-order valence-electron chi connectivity index (χ1n) is 6.74. The van der Waals surface area contributed by atoms with Gasteiger partial charge in [-0.3, -0.25) is 9.30 Å². The zero-order chi connectivity index (χ0) is 13.2. The highest BCUT2D eigenvalue weighted by Crippen LogP contribution is 1.99. The van der Waals surface area contributed by atoms with Gasteiger partial charge in [0.25, 0.3) is 0 Å². The average Bonchev–Trinajstić information content (AvgIpc) is 2.74. The van der Waals surface area contributed by atoms with Crippen LogP contribution in [0.4, 0.5) is 0 Å². The number of nitrogens with one attached hydrogen (secondary N) is 1. The number of nitrogens with zero attached hydrogens (tertiary/aromatic N) is 4. The second-order valence-electron chi connectivity index (χ2n) is 5.09. The molecule has 1 aliphatic heterocycles. The lowest BCUT2D eigenvalue weighted by Crippen LogP contribution is -2.50. The molecule has 0 saturated carbocycles. The summed E-state index contributed by atoms with van der Waals surface area (Å²) in [5.41, 5.74) is 0.653. The zero-order valence-electron chi connectivity index (χ0n) is 11.1. The minimum absolute atomic E-state index is 0.0567. The quantitative estimate of drug-likeness (QED) is 0.830. The van der Waals surface area contributed by atoms with Gasteiger partial charge in [-0.1, -0.05) is 6.07 Å². The largest absolute Gasteiger partial charge is 0.350 e. The number of hydrogen-bond donors (Lipinski definition) is 1. The average molecular weight is 261 g/mol. The molecule has 0 aliphatic carbocycles. The molecule has 1 aliphatic rings. The molecule has 3 heterocycles. The predicted octanol–water partition coefficient (Wildman–Crippen LogP) is -0.210. The minimum Gasteiger partial charge on any atom is -0.312 e. The number of rotatable bonds is 3. The van der Waals surface area contributed by atoms with Crippen molar-refractivity contribution >= 4 is 5.65 Å². The van der Waals surface area contributed by atoms with E-state index in [4.69, 9.17) is 0 Å². The molecule has 19 heavy (non-hydrogen) atoms. The van der Waals surface area contributed by atoms with Crippen molar-refractivity contribution in [3.8, 4) is 0 Å². The molecule has 1 atom stereocenters. The van der Waals surface area contributed by atoms with Gasteiger partial charge in [0.05, 0.1) is 6.54 Å². The van der Waals surface area contributed by atoms with Gasteiger partial charge in [-0.25, -0.2) is 9.48 Å². The summed E-state index contributed by atoms with van der Waals surface area (Å²) >= 11 is 0. The molecule has 0 radical (unpaired) electrons.